The van der Waals surface area contributed by atoms with E-state index in [1.54, 1.807) is 0 Å². The van der Waals surface area contributed by atoms with E-state index in [9.17, 15) is 23.7 Å². The van der Waals surface area contributed by atoms with E-state index < -0.39 is 28.9 Å². The van der Waals surface area contributed by atoms with Crippen LogP contribution in [0.15, 0.2) is 12.1 Å². The zero-order valence-corrected chi connectivity index (χ0v) is 13.8. The van der Waals surface area contributed by atoms with Crippen LogP contribution < -0.4 is 14.8 Å². The number of carbonyl (C=O) groups excluding carboxylic acids is 1. The van der Waals surface area contributed by atoms with Crippen molar-refractivity contribution in [3.8, 4) is 11.5 Å². The molecule has 0 saturated heterocycles. The number of hydrogen-bond donors (Lipinski definition) is 1. The second kappa shape index (κ2) is 8.59. The average Bonchev–Trinajstić information content (AvgIpc) is 2.82. The van der Waals surface area contributed by atoms with Crippen molar-refractivity contribution in [3.05, 3.63) is 27.8 Å². The van der Waals surface area contributed by atoms with E-state index in [0.717, 1.165) is 50.7 Å². The van der Waals surface area contributed by atoms with E-state index >= 15 is 0 Å². The number of rotatable bonds is 6. The van der Waals surface area contributed by atoms with Crippen LogP contribution in [0.5, 0.6) is 11.5 Å². The van der Waals surface area contributed by atoms with Gasteiger partial charge in [-0.2, -0.15) is 8.78 Å². The Bertz CT molecular complexity index is 631. The molecule has 0 heterocycles. The number of amides is 1. The summed E-state index contributed by atoms with van der Waals surface area (Å²) in [7, 11) is 1.20. The van der Waals surface area contributed by atoms with Crippen LogP contribution in [-0.2, 0) is 0 Å². The molecule has 0 spiro atoms. The molecule has 0 bridgehead atoms. The van der Waals surface area contributed by atoms with Gasteiger partial charge in [-0.25, -0.2) is 0 Å². The van der Waals surface area contributed by atoms with Crippen molar-refractivity contribution >= 4 is 11.6 Å². The summed E-state index contributed by atoms with van der Waals surface area (Å²) in [5.74, 6) is -1.28. The molecule has 0 unspecified atom stereocenters. The Morgan fingerprint density at radius 2 is 1.88 bits per heavy atom. The van der Waals surface area contributed by atoms with Gasteiger partial charge in [0.05, 0.1) is 18.1 Å². The largest absolute Gasteiger partial charge is 0.493 e. The SMILES string of the molecule is COc1cc(C(=O)NC2CCCCCC2)c([N+](=O)[O-])cc1OC(F)F. The molecule has 1 amide bonds. The molecule has 9 heteroatoms. The zero-order chi connectivity index (χ0) is 18.4. The van der Waals surface area contributed by atoms with Crippen LogP contribution in [0.2, 0.25) is 0 Å². The Morgan fingerprint density at radius 1 is 1.24 bits per heavy atom. The molecular weight excluding hydrogens is 338 g/mol. The molecule has 25 heavy (non-hydrogen) atoms. The lowest BCUT2D eigenvalue weighted by molar-refractivity contribution is -0.385. The third-order valence-electron chi connectivity index (χ3n) is 4.13. The summed E-state index contributed by atoms with van der Waals surface area (Å²) in [6.07, 6.45) is 5.78. The topological polar surface area (TPSA) is 90.7 Å². The summed E-state index contributed by atoms with van der Waals surface area (Å²) in [5, 5.41) is 14.0. The third kappa shape index (κ3) is 5.01. The van der Waals surface area contributed by atoms with Crippen LogP contribution >= 0.6 is 0 Å². The Balaban J connectivity index is 2.30. The fourth-order valence-corrected chi connectivity index (χ4v) is 2.92. The first kappa shape index (κ1) is 18.9. The molecule has 1 N–H and O–H groups in total. The lowest BCUT2D eigenvalue weighted by Gasteiger charge is -2.17. The zero-order valence-electron chi connectivity index (χ0n) is 13.8. The van der Waals surface area contributed by atoms with Crippen LogP contribution in [0.3, 0.4) is 0 Å². The maximum absolute atomic E-state index is 12.5. The molecule has 2 rings (SSSR count). The number of nitro benzene ring substituents is 1. The lowest BCUT2D eigenvalue weighted by atomic mass is 10.1. The van der Waals surface area contributed by atoms with E-state index in [4.69, 9.17) is 4.74 Å². The highest BCUT2D eigenvalue weighted by Crippen LogP contribution is 2.35. The number of hydrogen-bond acceptors (Lipinski definition) is 5. The Hall–Kier alpha value is -2.45. The van der Waals surface area contributed by atoms with E-state index in [2.05, 4.69) is 10.1 Å². The predicted molar refractivity (Wildman–Crippen MR) is 85.2 cm³/mol. The molecule has 138 valence electrons. The van der Waals surface area contributed by atoms with Crippen molar-refractivity contribution in [2.75, 3.05) is 7.11 Å². The van der Waals surface area contributed by atoms with Gasteiger partial charge in [-0.15, -0.1) is 0 Å². The number of methoxy groups -OCH3 is 1. The highest BCUT2D eigenvalue weighted by Gasteiger charge is 2.27. The predicted octanol–water partition coefficient (Wildman–Crippen LogP) is 3.66. The van der Waals surface area contributed by atoms with E-state index in [-0.39, 0.29) is 17.4 Å². The normalized spacial score (nSPS) is 15.5. The molecule has 1 aliphatic carbocycles. The van der Waals surface area contributed by atoms with Gasteiger partial charge in [0.1, 0.15) is 5.56 Å². The second-order valence-corrected chi connectivity index (χ2v) is 5.82. The highest BCUT2D eigenvalue weighted by atomic mass is 19.3. The van der Waals surface area contributed by atoms with Gasteiger partial charge >= 0.3 is 6.61 Å². The third-order valence-corrected chi connectivity index (χ3v) is 4.13. The molecule has 0 aliphatic heterocycles. The van der Waals surface area contributed by atoms with Crippen molar-refractivity contribution in [1.82, 2.24) is 5.32 Å². The maximum Gasteiger partial charge on any atom is 0.387 e. The van der Waals surface area contributed by atoms with Crippen LogP contribution in [0, 0.1) is 10.1 Å². The number of nitro groups is 1. The number of halogens is 2. The quantitative estimate of drug-likeness (QED) is 0.476. The number of nitrogens with one attached hydrogen (secondary N) is 1. The second-order valence-electron chi connectivity index (χ2n) is 5.82. The van der Waals surface area contributed by atoms with Crippen LogP contribution in [0.25, 0.3) is 0 Å². The summed E-state index contributed by atoms with van der Waals surface area (Å²) in [5.41, 5.74) is -0.852. The summed E-state index contributed by atoms with van der Waals surface area (Å²) >= 11 is 0. The Labute approximate surface area is 143 Å². The smallest absolute Gasteiger partial charge is 0.387 e. The molecule has 7 nitrogen and oxygen atoms in total. The number of benzene rings is 1. The van der Waals surface area contributed by atoms with Crippen molar-refractivity contribution in [1.29, 1.82) is 0 Å². The maximum atomic E-state index is 12.5. The van der Waals surface area contributed by atoms with Gasteiger partial charge in [-0.05, 0) is 12.8 Å². The molecule has 1 aromatic carbocycles. The minimum Gasteiger partial charge on any atom is -0.493 e. The van der Waals surface area contributed by atoms with Crippen LogP contribution in [0.4, 0.5) is 14.5 Å². The summed E-state index contributed by atoms with van der Waals surface area (Å²) in [6, 6.07) is 1.78. The standard InChI is InChI=1S/C16H20F2N2O5/c1-24-13-8-11(12(20(22)23)9-14(13)25-16(17)18)15(21)19-10-6-4-2-3-5-7-10/h8-10,16H,2-7H2,1H3,(H,19,21). The van der Waals surface area contributed by atoms with Gasteiger partial charge in [0.2, 0.25) is 0 Å². The highest BCUT2D eigenvalue weighted by molar-refractivity contribution is 5.99. The van der Waals surface area contributed by atoms with Gasteiger partial charge in [0.15, 0.2) is 11.5 Å². The fourth-order valence-electron chi connectivity index (χ4n) is 2.92. The first-order valence-electron chi connectivity index (χ1n) is 8.04. The molecule has 1 saturated carbocycles. The minimum atomic E-state index is -3.17. The fraction of sp³-hybridized carbons (Fsp3) is 0.562. The molecule has 0 atom stereocenters. The van der Waals surface area contributed by atoms with E-state index in [0.29, 0.717) is 0 Å². The molecular formula is C16H20F2N2O5. The van der Waals surface area contributed by atoms with Crippen molar-refractivity contribution in [2.24, 2.45) is 0 Å². The van der Waals surface area contributed by atoms with Crippen molar-refractivity contribution in [3.63, 3.8) is 0 Å². The number of ether oxygens (including phenoxy) is 2. The Kier molecular flexibility index (Phi) is 6.49. The van der Waals surface area contributed by atoms with Gasteiger partial charge in [-0.3, -0.25) is 14.9 Å². The van der Waals surface area contributed by atoms with E-state index in [1.807, 2.05) is 0 Å². The van der Waals surface area contributed by atoms with E-state index in [1.165, 1.54) is 7.11 Å². The van der Waals surface area contributed by atoms with Gasteiger partial charge in [-0.1, -0.05) is 25.7 Å². The first-order valence-corrected chi connectivity index (χ1v) is 8.04. The lowest BCUT2D eigenvalue weighted by Crippen LogP contribution is -2.34. The van der Waals surface area contributed by atoms with Crippen molar-refractivity contribution in [2.45, 2.75) is 51.2 Å². The molecule has 1 aromatic rings. The first-order chi connectivity index (χ1) is 11.9. The van der Waals surface area contributed by atoms with Gasteiger partial charge < -0.3 is 14.8 Å². The molecule has 1 fully saturated rings. The summed E-state index contributed by atoms with van der Waals surface area (Å²) in [6.45, 7) is -3.17. The molecule has 0 aromatic heterocycles. The Morgan fingerprint density at radius 3 is 2.40 bits per heavy atom. The molecule has 1 aliphatic rings. The summed E-state index contributed by atoms with van der Waals surface area (Å²) < 4.78 is 34.1. The van der Waals surface area contributed by atoms with Gasteiger partial charge in [0, 0.05) is 12.1 Å². The van der Waals surface area contributed by atoms with Crippen LogP contribution in [-0.4, -0.2) is 30.6 Å². The minimum absolute atomic E-state index is 0.0578. The average molecular weight is 358 g/mol. The summed E-state index contributed by atoms with van der Waals surface area (Å²) in [4.78, 5) is 22.9. The van der Waals surface area contributed by atoms with Crippen LogP contribution in [0.1, 0.15) is 48.9 Å². The van der Waals surface area contributed by atoms with Gasteiger partial charge in [0.25, 0.3) is 11.6 Å². The number of carbonyl (C=O) groups is 1. The number of nitrogens with zero attached hydrogens (tertiary/aromatic N) is 1. The number of alkyl halides is 2. The monoisotopic (exact) mass is 358 g/mol. The van der Waals surface area contributed by atoms with Crippen molar-refractivity contribution < 1.29 is 28.0 Å². The molecule has 0 radical (unpaired) electrons.